The number of anilines is 1. The summed E-state index contributed by atoms with van der Waals surface area (Å²) in [4.78, 5) is 12.4. The molecular formula is C17H25BBrNO3. The van der Waals surface area contributed by atoms with Crippen LogP contribution >= 0.6 is 15.9 Å². The zero-order valence-corrected chi connectivity index (χ0v) is 16.5. The van der Waals surface area contributed by atoms with Crippen LogP contribution in [0.2, 0.25) is 0 Å². The molecule has 0 radical (unpaired) electrons. The maximum Gasteiger partial charge on any atom is 0.497 e. The van der Waals surface area contributed by atoms with Gasteiger partial charge in [0.2, 0.25) is 5.91 Å². The van der Waals surface area contributed by atoms with E-state index in [1.807, 2.05) is 66.7 Å². The molecule has 1 fully saturated rings. The highest BCUT2D eigenvalue weighted by molar-refractivity contribution is 9.10. The van der Waals surface area contributed by atoms with E-state index < -0.39 is 23.7 Å². The lowest BCUT2D eigenvalue weighted by atomic mass is 9.77. The van der Waals surface area contributed by atoms with E-state index in [1.165, 1.54) is 0 Å². The van der Waals surface area contributed by atoms with Crippen molar-refractivity contribution in [3.8, 4) is 0 Å². The van der Waals surface area contributed by atoms with Gasteiger partial charge in [-0.15, -0.1) is 0 Å². The van der Waals surface area contributed by atoms with Crippen LogP contribution in [0.4, 0.5) is 5.69 Å². The molecule has 0 unspecified atom stereocenters. The predicted octanol–water partition coefficient (Wildman–Crippen LogP) is 3.73. The normalized spacial score (nSPS) is 19.7. The number of rotatable bonds is 2. The van der Waals surface area contributed by atoms with E-state index in [4.69, 9.17) is 9.31 Å². The van der Waals surface area contributed by atoms with Gasteiger partial charge in [-0.1, -0.05) is 32.9 Å². The van der Waals surface area contributed by atoms with Gasteiger partial charge in [-0.2, -0.15) is 0 Å². The van der Waals surface area contributed by atoms with Crippen molar-refractivity contribution in [2.45, 2.75) is 59.7 Å². The van der Waals surface area contributed by atoms with Gasteiger partial charge < -0.3 is 14.6 Å². The van der Waals surface area contributed by atoms with Gasteiger partial charge >= 0.3 is 7.12 Å². The molecule has 0 bridgehead atoms. The van der Waals surface area contributed by atoms with Crippen molar-refractivity contribution in [3.05, 3.63) is 22.7 Å². The summed E-state index contributed by atoms with van der Waals surface area (Å²) >= 11 is 3.52. The molecule has 0 saturated carbocycles. The summed E-state index contributed by atoms with van der Waals surface area (Å²) in [5.74, 6) is -0.0535. The molecule has 1 aliphatic rings. The Balaban J connectivity index is 2.38. The maximum absolute atomic E-state index is 12.4. The fourth-order valence-corrected chi connectivity index (χ4v) is 2.62. The molecule has 6 heteroatoms. The summed E-state index contributed by atoms with van der Waals surface area (Å²) in [6, 6.07) is 5.73. The quantitative estimate of drug-likeness (QED) is 0.794. The molecule has 0 aromatic heterocycles. The van der Waals surface area contributed by atoms with Crippen LogP contribution in [0.5, 0.6) is 0 Å². The number of amides is 1. The van der Waals surface area contributed by atoms with Crippen LogP contribution in [0.1, 0.15) is 48.5 Å². The van der Waals surface area contributed by atoms with E-state index in [9.17, 15) is 4.79 Å². The molecule has 126 valence electrons. The average molecular weight is 382 g/mol. The summed E-state index contributed by atoms with van der Waals surface area (Å²) in [5, 5.41) is 3.00. The zero-order valence-electron chi connectivity index (χ0n) is 14.9. The highest BCUT2D eigenvalue weighted by Gasteiger charge is 2.52. The van der Waals surface area contributed by atoms with Gasteiger partial charge in [-0.05, 0) is 49.7 Å². The summed E-state index contributed by atoms with van der Waals surface area (Å²) < 4.78 is 13.0. The van der Waals surface area contributed by atoms with Crippen molar-refractivity contribution in [1.29, 1.82) is 0 Å². The number of para-hydroxylation sites is 1. The van der Waals surface area contributed by atoms with Crippen LogP contribution in [0.15, 0.2) is 22.7 Å². The van der Waals surface area contributed by atoms with E-state index in [0.717, 1.165) is 9.94 Å². The van der Waals surface area contributed by atoms with E-state index in [1.54, 1.807) is 0 Å². The monoisotopic (exact) mass is 381 g/mol. The number of hydrogen-bond acceptors (Lipinski definition) is 3. The molecule has 23 heavy (non-hydrogen) atoms. The average Bonchev–Trinajstić information content (AvgIpc) is 2.59. The maximum atomic E-state index is 12.4. The lowest BCUT2D eigenvalue weighted by molar-refractivity contribution is -0.123. The van der Waals surface area contributed by atoms with Gasteiger partial charge in [-0.25, -0.2) is 0 Å². The fourth-order valence-electron chi connectivity index (χ4n) is 2.14. The molecule has 2 rings (SSSR count). The molecule has 1 amide bonds. The van der Waals surface area contributed by atoms with Crippen molar-refractivity contribution in [2.75, 3.05) is 5.32 Å². The van der Waals surface area contributed by atoms with Crippen LogP contribution in [-0.4, -0.2) is 24.2 Å². The third-order valence-corrected chi connectivity index (χ3v) is 5.13. The largest absolute Gasteiger partial charge is 0.497 e. The van der Waals surface area contributed by atoms with Gasteiger partial charge in [0.15, 0.2) is 0 Å². The second-order valence-corrected chi connectivity index (χ2v) is 8.85. The second kappa shape index (κ2) is 5.90. The van der Waals surface area contributed by atoms with Crippen LogP contribution in [0.3, 0.4) is 0 Å². The molecule has 0 atom stereocenters. The molecule has 1 saturated heterocycles. The van der Waals surface area contributed by atoms with Crippen molar-refractivity contribution in [1.82, 2.24) is 0 Å². The van der Waals surface area contributed by atoms with Crippen molar-refractivity contribution in [3.63, 3.8) is 0 Å². The first-order valence-electron chi connectivity index (χ1n) is 7.81. The summed E-state index contributed by atoms with van der Waals surface area (Å²) in [5.41, 5.74) is 0.181. The first-order valence-corrected chi connectivity index (χ1v) is 8.60. The standard InChI is InChI=1S/C17H25BBrNO3/c1-15(2,3)14(21)20-13-11(9-8-10-12(13)19)18-22-16(4,5)17(6,7)23-18/h8-10H,1-7H3,(H,20,21). The van der Waals surface area contributed by atoms with Crippen molar-refractivity contribution >= 4 is 40.1 Å². The summed E-state index contributed by atoms with van der Waals surface area (Å²) in [6.07, 6.45) is 0. The molecule has 4 nitrogen and oxygen atoms in total. The minimum Gasteiger partial charge on any atom is -0.399 e. The predicted molar refractivity (Wildman–Crippen MR) is 97.9 cm³/mol. The Bertz CT molecular complexity index is 607. The van der Waals surface area contributed by atoms with Crippen molar-refractivity contribution in [2.24, 2.45) is 5.41 Å². The SMILES string of the molecule is CC(C)(C)C(=O)Nc1c(Br)cccc1B1OC(C)(C)C(C)(C)O1. The third-order valence-electron chi connectivity index (χ3n) is 4.47. The zero-order chi connectivity index (χ0) is 17.6. The Hall–Kier alpha value is -0.845. The highest BCUT2D eigenvalue weighted by Crippen LogP contribution is 2.37. The molecule has 1 aromatic carbocycles. The highest BCUT2D eigenvalue weighted by atomic mass is 79.9. The molecule has 0 aliphatic carbocycles. The summed E-state index contributed by atoms with van der Waals surface area (Å²) in [7, 11) is -0.521. The van der Waals surface area contributed by atoms with Crippen LogP contribution in [-0.2, 0) is 14.1 Å². The Morgan fingerprint density at radius 3 is 2.13 bits per heavy atom. The van der Waals surface area contributed by atoms with Crippen molar-refractivity contribution < 1.29 is 14.1 Å². The molecule has 1 heterocycles. The smallest absolute Gasteiger partial charge is 0.399 e. The Labute approximate surface area is 147 Å². The van der Waals surface area contributed by atoms with Gasteiger partial charge in [0.05, 0.1) is 16.9 Å². The van der Waals surface area contributed by atoms with Gasteiger partial charge in [-0.3, -0.25) is 4.79 Å². The third kappa shape index (κ3) is 3.64. The Kier molecular flexibility index (Phi) is 4.75. The molecule has 0 spiro atoms. The fraction of sp³-hybridized carbons (Fsp3) is 0.588. The minimum atomic E-state index is -0.521. The number of hydrogen-bond donors (Lipinski definition) is 1. The summed E-state index contributed by atoms with van der Waals surface area (Å²) in [6.45, 7) is 13.7. The first-order chi connectivity index (χ1) is 10.3. The topological polar surface area (TPSA) is 47.6 Å². The number of carbonyl (C=O) groups is 1. The molecule has 1 aliphatic heterocycles. The van der Waals surface area contributed by atoms with E-state index in [-0.39, 0.29) is 5.91 Å². The molecular weight excluding hydrogens is 357 g/mol. The van der Waals surface area contributed by atoms with E-state index in [0.29, 0.717) is 5.69 Å². The van der Waals surface area contributed by atoms with Gasteiger partial charge in [0, 0.05) is 15.4 Å². The molecule has 1 aromatic rings. The van der Waals surface area contributed by atoms with Crippen LogP contribution in [0.25, 0.3) is 0 Å². The Morgan fingerprint density at radius 2 is 1.65 bits per heavy atom. The minimum absolute atomic E-state index is 0.0535. The number of halogens is 1. The van der Waals surface area contributed by atoms with E-state index >= 15 is 0 Å². The number of nitrogens with one attached hydrogen (secondary N) is 1. The lowest BCUT2D eigenvalue weighted by Crippen LogP contribution is -2.41. The molecule has 1 N–H and O–H groups in total. The number of carbonyl (C=O) groups excluding carboxylic acids is 1. The van der Waals surface area contributed by atoms with E-state index in [2.05, 4.69) is 21.2 Å². The lowest BCUT2D eigenvalue weighted by Gasteiger charge is -2.32. The first kappa shape index (κ1) is 18.5. The van der Waals surface area contributed by atoms with Gasteiger partial charge in [0.1, 0.15) is 0 Å². The van der Waals surface area contributed by atoms with Gasteiger partial charge in [0.25, 0.3) is 0 Å². The number of benzene rings is 1. The second-order valence-electron chi connectivity index (χ2n) is 8.00. The Morgan fingerprint density at radius 1 is 1.13 bits per heavy atom. The van der Waals surface area contributed by atoms with Crippen LogP contribution < -0.4 is 10.8 Å². The van der Waals surface area contributed by atoms with Crippen LogP contribution in [0, 0.1) is 5.41 Å².